The van der Waals surface area contributed by atoms with E-state index in [1.165, 1.54) is 42.1 Å². The first-order valence-corrected chi connectivity index (χ1v) is 8.94. The average molecular weight is 354 g/mol. The molecule has 3 heteroatoms. The second-order valence-electron chi connectivity index (χ2n) is 6.53. The van der Waals surface area contributed by atoms with E-state index in [1.54, 1.807) is 7.11 Å². The second kappa shape index (κ2) is 7.64. The van der Waals surface area contributed by atoms with Crippen molar-refractivity contribution < 1.29 is 4.74 Å². The number of methoxy groups -OCH3 is 1. The molecule has 1 unspecified atom stereocenters. The highest BCUT2D eigenvalue weighted by molar-refractivity contribution is 9.10. The van der Waals surface area contributed by atoms with Crippen LogP contribution in [0, 0.1) is 5.41 Å². The van der Waals surface area contributed by atoms with E-state index in [-0.39, 0.29) is 0 Å². The molecule has 1 atom stereocenters. The van der Waals surface area contributed by atoms with Crippen LogP contribution in [0.2, 0.25) is 0 Å². The summed E-state index contributed by atoms with van der Waals surface area (Å²) in [6.07, 6.45) is 7.69. The van der Waals surface area contributed by atoms with Gasteiger partial charge in [-0.05, 0) is 61.4 Å². The average Bonchev–Trinajstić information content (AvgIpc) is 2.93. The van der Waals surface area contributed by atoms with Crippen molar-refractivity contribution >= 4 is 15.9 Å². The fraction of sp³-hybridized carbons (Fsp3) is 0.667. The zero-order chi connectivity index (χ0) is 15.3. The predicted octanol–water partition coefficient (Wildman–Crippen LogP) is 4.95. The number of benzene rings is 1. The van der Waals surface area contributed by atoms with E-state index in [0.717, 1.165) is 18.7 Å². The molecule has 1 aliphatic carbocycles. The van der Waals surface area contributed by atoms with Crippen molar-refractivity contribution in [2.45, 2.75) is 58.4 Å². The van der Waals surface area contributed by atoms with Crippen molar-refractivity contribution in [2.75, 3.05) is 13.7 Å². The first-order valence-electron chi connectivity index (χ1n) is 8.15. The Labute approximate surface area is 137 Å². The monoisotopic (exact) mass is 353 g/mol. The highest BCUT2D eigenvalue weighted by atomic mass is 79.9. The van der Waals surface area contributed by atoms with Gasteiger partial charge in [0.1, 0.15) is 5.75 Å². The molecular formula is C18H28BrNO. The Morgan fingerprint density at radius 2 is 2.05 bits per heavy atom. The van der Waals surface area contributed by atoms with Crippen molar-refractivity contribution in [3.05, 3.63) is 28.2 Å². The molecule has 1 aromatic rings. The number of hydrogen-bond acceptors (Lipinski definition) is 2. The molecule has 0 aromatic heterocycles. The van der Waals surface area contributed by atoms with Crippen molar-refractivity contribution in [3.63, 3.8) is 0 Å². The maximum absolute atomic E-state index is 5.38. The number of nitrogens with one attached hydrogen (secondary N) is 1. The topological polar surface area (TPSA) is 21.3 Å². The molecule has 1 fully saturated rings. The van der Waals surface area contributed by atoms with Gasteiger partial charge in [-0.2, -0.15) is 0 Å². The van der Waals surface area contributed by atoms with Gasteiger partial charge in [0, 0.05) is 10.5 Å². The highest BCUT2D eigenvalue weighted by Gasteiger charge is 2.36. The van der Waals surface area contributed by atoms with Crippen LogP contribution in [0.5, 0.6) is 5.75 Å². The Morgan fingerprint density at radius 3 is 2.67 bits per heavy atom. The molecule has 1 aliphatic rings. The summed E-state index contributed by atoms with van der Waals surface area (Å²) in [4.78, 5) is 0. The lowest BCUT2D eigenvalue weighted by Crippen LogP contribution is -2.44. The van der Waals surface area contributed by atoms with E-state index in [4.69, 9.17) is 4.74 Å². The second-order valence-corrected chi connectivity index (χ2v) is 7.38. The SMILES string of the molecule is CCCNC(Cc1cc(OC)ccc1Br)C1(C)CCCC1. The largest absolute Gasteiger partial charge is 0.497 e. The van der Waals surface area contributed by atoms with E-state index < -0.39 is 0 Å². The van der Waals surface area contributed by atoms with E-state index in [2.05, 4.69) is 47.2 Å². The summed E-state index contributed by atoms with van der Waals surface area (Å²) in [5.74, 6) is 0.944. The van der Waals surface area contributed by atoms with Crippen molar-refractivity contribution in [3.8, 4) is 5.75 Å². The minimum Gasteiger partial charge on any atom is -0.497 e. The normalized spacial score (nSPS) is 18.7. The first kappa shape index (κ1) is 16.8. The van der Waals surface area contributed by atoms with Crippen LogP contribution in [0.4, 0.5) is 0 Å². The summed E-state index contributed by atoms with van der Waals surface area (Å²) in [5.41, 5.74) is 1.77. The zero-order valence-corrected chi connectivity index (χ0v) is 15.1. The van der Waals surface area contributed by atoms with Crippen LogP contribution in [0.3, 0.4) is 0 Å². The van der Waals surface area contributed by atoms with E-state index in [1.807, 2.05) is 6.07 Å². The summed E-state index contributed by atoms with van der Waals surface area (Å²) in [5, 5.41) is 3.80. The van der Waals surface area contributed by atoms with E-state index >= 15 is 0 Å². The molecule has 0 amide bonds. The molecule has 1 aromatic carbocycles. The third-order valence-corrected chi connectivity index (χ3v) is 5.68. The fourth-order valence-corrected chi connectivity index (χ4v) is 3.88. The lowest BCUT2D eigenvalue weighted by molar-refractivity contribution is 0.219. The first-order chi connectivity index (χ1) is 10.1. The van der Waals surface area contributed by atoms with Gasteiger partial charge in [-0.3, -0.25) is 0 Å². The molecule has 0 aliphatic heterocycles. The minimum atomic E-state index is 0.428. The number of hydrogen-bond donors (Lipinski definition) is 1. The Kier molecular flexibility index (Phi) is 6.12. The minimum absolute atomic E-state index is 0.428. The van der Waals surface area contributed by atoms with Crippen LogP contribution in [-0.4, -0.2) is 19.7 Å². The lowest BCUT2D eigenvalue weighted by atomic mass is 9.77. The number of ether oxygens (including phenoxy) is 1. The molecule has 1 saturated carbocycles. The summed E-state index contributed by atoms with van der Waals surface area (Å²) in [6.45, 7) is 5.80. The molecule has 2 rings (SSSR count). The Balaban J connectivity index is 2.18. The van der Waals surface area contributed by atoms with Gasteiger partial charge in [0.25, 0.3) is 0 Å². The van der Waals surface area contributed by atoms with Gasteiger partial charge in [0.15, 0.2) is 0 Å². The number of halogens is 1. The molecule has 118 valence electrons. The third kappa shape index (κ3) is 4.23. The molecule has 1 N–H and O–H groups in total. The molecule has 0 saturated heterocycles. The van der Waals surface area contributed by atoms with Crippen LogP contribution in [0.15, 0.2) is 22.7 Å². The maximum Gasteiger partial charge on any atom is 0.119 e. The van der Waals surface area contributed by atoms with Gasteiger partial charge in [0.2, 0.25) is 0 Å². The molecule has 0 spiro atoms. The smallest absolute Gasteiger partial charge is 0.119 e. The summed E-state index contributed by atoms with van der Waals surface area (Å²) in [6, 6.07) is 6.83. The van der Waals surface area contributed by atoms with Crippen molar-refractivity contribution in [1.82, 2.24) is 5.32 Å². The molecule has 21 heavy (non-hydrogen) atoms. The van der Waals surface area contributed by atoms with Gasteiger partial charge in [-0.1, -0.05) is 42.6 Å². The lowest BCUT2D eigenvalue weighted by Gasteiger charge is -2.35. The summed E-state index contributed by atoms with van der Waals surface area (Å²) < 4.78 is 6.57. The third-order valence-electron chi connectivity index (χ3n) is 4.90. The molecule has 0 heterocycles. The number of rotatable bonds is 7. The van der Waals surface area contributed by atoms with Crippen LogP contribution in [0.1, 0.15) is 51.5 Å². The molecule has 0 radical (unpaired) electrons. The molecule has 0 bridgehead atoms. The standard InChI is InChI=1S/C18H28BrNO/c1-4-11-20-17(18(2)9-5-6-10-18)13-14-12-15(21-3)7-8-16(14)19/h7-8,12,17,20H,4-6,9-11,13H2,1-3H3. The summed E-state index contributed by atoms with van der Waals surface area (Å²) >= 11 is 3.70. The van der Waals surface area contributed by atoms with Crippen LogP contribution in [-0.2, 0) is 6.42 Å². The van der Waals surface area contributed by atoms with Crippen LogP contribution >= 0.6 is 15.9 Å². The fourth-order valence-electron chi connectivity index (χ4n) is 3.47. The van der Waals surface area contributed by atoms with Gasteiger partial charge >= 0.3 is 0 Å². The summed E-state index contributed by atoms with van der Waals surface area (Å²) in [7, 11) is 1.73. The van der Waals surface area contributed by atoms with Gasteiger partial charge in [-0.15, -0.1) is 0 Å². The quantitative estimate of drug-likeness (QED) is 0.748. The van der Waals surface area contributed by atoms with Crippen molar-refractivity contribution in [1.29, 1.82) is 0 Å². The van der Waals surface area contributed by atoms with Gasteiger partial charge < -0.3 is 10.1 Å². The Hall–Kier alpha value is -0.540. The van der Waals surface area contributed by atoms with Crippen LogP contribution < -0.4 is 10.1 Å². The van der Waals surface area contributed by atoms with E-state index in [9.17, 15) is 0 Å². The van der Waals surface area contributed by atoms with Crippen molar-refractivity contribution in [2.24, 2.45) is 5.41 Å². The van der Waals surface area contributed by atoms with Gasteiger partial charge in [0.05, 0.1) is 7.11 Å². The Bertz CT molecular complexity index is 455. The van der Waals surface area contributed by atoms with Gasteiger partial charge in [-0.25, -0.2) is 0 Å². The maximum atomic E-state index is 5.38. The Morgan fingerprint density at radius 1 is 1.33 bits per heavy atom. The van der Waals surface area contributed by atoms with E-state index in [0.29, 0.717) is 11.5 Å². The predicted molar refractivity (Wildman–Crippen MR) is 93.1 cm³/mol. The van der Waals surface area contributed by atoms with Crippen LogP contribution in [0.25, 0.3) is 0 Å². The highest BCUT2D eigenvalue weighted by Crippen LogP contribution is 2.42. The molecule has 2 nitrogen and oxygen atoms in total. The zero-order valence-electron chi connectivity index (χ0n) is 13.5. The molecular weight excluding hydrogens is 326 g/mol.